The van der Waals surface area contributed by atoms with Gasteiger partial charge >= 0.3 is 0 Å². The molecular weight excluding hydrogens is 238 g/mol. The first kappa shape index (κ1) is 15.8. The van der Waals surface area contributed by atoms with Gasteiger partial charge in [0.05, 0.1) is 13.2 Å². The van der Waals surface area contributed by atoms with Crippen molar-refractivity contribution in [2.75, 3.05) is 19.8 Å². The van der Waals surface area contributed by atoms with E-state index in [2.05, 4.69) is 38.2 Å². The molecule has 0 spiro atoms. The second-order valence-corrected chi connectivity index (χ2v) is 5.10. The number of benzene rings is 1. The van der Waals surface area contributed by atoms with Crippen molar-refractivity contribution in [3.8, 4) is 11.5 Å². The second-order valence-electron chi connectivity index (χ2n) is 5.10. The molecule has 108 valence electrons. The smallest absolute Gasteiger partial charge is 0.161 e. The van der Waals surface area contributed by atoms with Crippen LogP contribution in [0.4, 0.5) is 0 Å². The van der Waals surface area contributed by atoms with E-state index >= 15 is 0 Å². The summed E-state index contributed by atoms with van der Waals surface area (Å²) < 4.78 is 11.4. The van der Waals surface area contributed by atoms with E-state index < -0.39 is 0 Å². The van der Waals surface area contributed by atoms with Crippen LogP contribution in [-0.4, -0.2) is 19.8 Å². The van der Waals surface area contributed by atoms with E-state index in [1.807, 2.05) is 13.0 Å². The Bertz CT molecular complexity index is 364. The normalized spacial score (nSPS) is 10.8. The Labute approximate surface area is 117 Å². The van der Waals surface area contributed by atoms with Gasteiger partial charge in [-0.2, -0.15) is 0 Å². The minimum Gasteiger partial charge on any atom is -0.490 e. The van der Waals surface area contributed by atoms with Gasteiger partial charge in [-0.1, -0.05) is 26.8 Å². The van der Waals surface area contributed by atoms with Crippen molar-refractivity contribution in [1.29, 1.82) is 0 Å². The summed E-state index contributed by atoms with van der Waals surface area (Å²) in [6, 6.07) is 6.18. The Balaban J connectivity index is 2.69. The van der Waals surface area contributed by atoms with Crippen molar-refractivity contribution in [3.05, 3.63) is 23.8 Å². The highest BCUT2D eigenvalue weighted by Crippen LogP contribution is 2.28. The van der Waals surface area contributed by atoms with Crippen LogP contribution >= 0.6 is 0 Å². The van der Waals surface area contributed by atoms with E-state index in [9.17, 15) is 0 Å². The minimum atomic E-state index is 0.514. The predicted molar refractivity (Wildman–Crippen MR) is 79.9 cm³/mol. The van der Waals surface area contributed by atoms with Gasteiger partial charge in [-0.25, -0.2) is 0 Å². The predicted octanol–water partition coefficient (Wildman–Crippen LogP) is 3.62. The standard InChI is InChI=1S/C16H27NO2/c1-5-9-17-11-14-7-8-15(19-12-13(3)4)16(10-14)18-6-2/h7-8,10,13,17H,5-6,9,11-12H2,1-4H3. The molecule has 0 aliphatic rings. The van der Waals surface area contributed by atoms with Gasteiger partial charge in [-0.15, -0.1) is 0 Å². The van der Waals surface area contributed by atoms with E-state index in [0.29, 0.717) is 19.1 Å². The van der Waals surface area contributed by atoms with Crippen LogP contribution < -0.4 is 14.8 Å². The molecule has 1 rings (SSSR count). The van der Waals surface area contributed by atoms with Crippen LogP contribution in [0, 0.1) is 5.92 Å². The van der Waals surface area contributed by atoms with Gasteiger partial charge in [0.1, 0.15) is 0 Å². The molecule has 0 bridgehead atoms. The van der Waals surface area contributed by atoms with E-state index in [0.717, 1.165) is 31.0 Å². The number of hydrogen-bond acceptors (Lipinski definition) is 3. The maximum Gasteiger partial charge on any atom is 0.161 e. The molecule has 1 N–H and O–H groups in total. The maximum atomic E-state index is 5.79. The Kier molecular flexibility index (Phi) is 7.34. The lowest BCUT2D eigenvalue weighted by Gasteiger charge is -2.14. The maximum absolute atomic E-state index is 5.79. The molecule has 0 unspecified atom stereocenters. The topological polar surface area (TPSA) is 30.5 Å². The van der Waals surface area contributed by atoms with Gasteiger partial charge < -0.3 is 14.8 Å². The van der Waals surface area contributed by atoms with Gasteiger partial charge in [-0.05, 0) is 43.5 Å². The highest BCUT2D eigenvalue weighted by Gasteiger charge is 2.07. The molecule has 1 aromatic carbocycles. The van der Waals surface area contributed by atoms with Crippen LogP contribution in [0.3, 0.4) is 0 Å². The van der Waals surface area contributed by atoms with Crippen molar-refractivity contribution in [2.45, 2.75) is 40.7 Å². The number of nitrogens with one attached hydrogen (secondary N) is 1. The van der Waals surface area contributed by atoms with Crippen molar-refractivity contribution < 1.29 is 9.47 Å². The molecule has 0 saturated carbocycles. The minimum absolute atomic E-state index is 0.514. The first-order chi connectivity index (χ1) is 9.17. The Morgan fingerprint density at radius 2 is 1.89 bits per heavy atom. The van der Waals surface area contributed by atoms with E-state index in [1.165, 1.54) is 5.56 Å². The van der Waals surface area contributed by atoms with E-state index in [-0.39, 0.29) is 0 Å². The third kappa shape index (κ3) is 5.97. The van der Waals surface area contributed by atoms with Crippen LogP contribution in [0.2, 0.25) is 0 Å². The summed E-state index contributed by atoms with van der Waals surface area (Å²) in [5.74, 6) is 2.20. The molecule has 0 aromatic heterocycles. The fourth-order valence-electron chi connectivity index (χ4n) is 1.72. The molecule has 0 fully saturated rings. The molecule has 0 radical (unpaired) electrons. The first-order valence-electron chi connectivity index (χ1n) is 7.26. The van der Waals surface area contributed by atoms with Crippen LogP contribution in [0.5, 0.6) is 11.5 Å². The summed E-state index contributed by atoms with van der Waals surface area (Å²) >= 11 is 0. The average Bonchev–Trinajstić information content (AvgIpc) is 2.38. The lowest BCUT2D eigenvalue weighted by Crippen LogP contribution is -2.14. The molecule has 0 aliphatic carbocycles. The largest absolute Gasteiger partial charge is 0.490 e. The summed E-state index contributed by atoms with van der Waals surface area (Å²) in [7, 11) is 0. The SMILES string of the molecule is CCCNCc1ccc(OCC(C)C)c(OCC)c1. The average molecular weight is 265 g/mol. The first-order valence-corrected chi connectivity index (χ1v) is 7.26. The van der Waals surface area contributed by atoms with Gasteiger partial charge in [0.25, 0.3) is 0 Å². The third-order valence-electron chi connectivity index (χ3n) is 2.64. The van der Waals surface area contributed by atoms with E-state index in [1.54, 1.807) is 0 Å². The van der Waals surface area contributed by atoms with Crippen molar-refractivity contribution in [2.24, 2.45) is 5.92 Å². The summed E-state index contributed by atoms with van der Waals surface area (Å²) in [4.78, 5) is 0. The highest BCUT2D eigenvalue weighted by atomic mass is 16.5. The lowest BCUT2D eigenvalue weighted by atomic mass is 10.2. The zero-order valence-corrected chi connectivity index (χ0v) is 12.7. The Morgan fingerprint density at radius 3 is 2.53 bits per heavy atom. The number of hydrogen-bond donors (Lipinski definition) is 1. The monoisotopic (exact) mass is 265 g/mol. The lowest BCUT2D eigenvalue weighted by molar-refractivity contribution is 0.248. The molecule has 3 heteroatoms. The van der Waals surface area contributed by atoms with Crippen LogP contribution in [0.25, 0.3) is 0 Å². The van der Waals surface area contributed by atoms with Crippen LogP contribution in [-0.2, 0) is 6.54 Å². The van der Waals surface area contributed by atoms with Crippen LogP contribution in [0.1, 0.15) is 39.7 Å². The fourth-order valence-corrected chi connectivity index (χ4v) is 1.72. The van der Waals surface area contributed by atoms with Crippen molar-refractivity contribution in [3.63, 3.8) is 0 Å². The zero-order valence-electron chi connectivity index (χ0n) is 12.7. The van der Waals surface area contributed by atoms with Gasteiger partial charge in [0, 0.05) is 6.54 Å². The molecule has 0 heterocycles. The van der Waals surface area contributed by atoms with Crippen LogP contribution in [0.15, 0.2) is 18.2 Å². The Hall–Kier alpha value is -1.22. The summed E-state index contributed by atoms with van der Waals surface area (Å²) in [5.41, 5.74) is 1.23. The molecule has 19 heavy (non-hydrogen) atoms. The number of ether oxygens (including phenoxy) is 2. The van der Waals surface area contributed by atoms with Gasteiger partial charge in [-0.3, -0.25) is 0 Å². The second kappa shape index (κ2) is 8.81. The van der Waals surface area contributed by atoms with Gasteiger partial charge in [0.15, 0.2) is 11.5 Å². The Morgan fingerprint density at radius 1 is 1.11 bits per heavy atom. The third-order valence-corrected chi connectivity index (χ3v) is 2.64. The summed E-state index contributed by atoms with van der Waals surface area (Å²) in [6.45, 7) is 11.7. The number of rotatable bonds is 9. The van der Waals surface area contributed by atoms with Crippen molar-refractivity contribution >= 4 is 0 Å². The fraction of sp³-hybridized carbons (Fsp3) is 0.625. The summed E-state index contributed by atoms with van der Waals surface area (Å²) in [5, 5.41) is 3.39. The zero-order chi connectivity index (χ0) is 14.1. The molecule has 1 aromatic rings. The molecule has 0 atom stereocenters. The highest BCUT2D eigenvalue weighted by molar-refractivity contribution is 5.43. The molecule has 0 amide bonds. The molecule has 0 saturated heterocycles. The van der Waals surface area contributed by atoms with Gasteiger partial charge in [0.2, 0.25) is 0 Å². The molecule has 0 aliphatic heterocycles. The summed E-state index contributed by atoms with van der Waals surface area (Å²) in [6.07, 6.45) is 1.15. The molecular formula is C16H27NO2. The molecule has 3 nitrogen and oxygen atoms in total. The van der Waals surface area contributed by atoms with Crippen molar-refractivity contribution in [1.82, 2.24) is 5.32 Å². The quantitative estimate of drug-likeness (QED) is 0.692. The van der Waals surface area contributed by atoms with E-state index in [4.69, 9.17) is 9.47 Å².